The molecule has 0 bridgehead atoms. The summed E-state index contributed by atoms with van der Waals surface area (Å²) in [7, 11) is -3.65. The predicted octanol–water partition coefficient (Wildman–Crippen LogP) is 12.2. The van der Waals surface area contributed by atoms with Gasteiger partial charge in [0.1, 0.15) is 34.5 Å². The molecular weight excluding hydrogens is 861 g/mol. The van der Waals surface area contributed by atoms with Crippen molar-refractivity contribution in [2.75, 3.05) is 10.6 Å². The van der Waals surface area contributed by atoms with Gasteiger partial charge in [-0.15, -0.1) is 0 Å². The number of hydrogen-bond donors (Lipinski definition) is 2. The van der Waals surface area contributed by atoms with Crippen LogP contribution in [0, 0.1) is 0 Å². The van der Waals surface area contributed by atoms with E-state index >= 15 is 4.57 Å². The molecule has 9 nitrogen and oxygen atoms in total. The van der Waals surface area contributed by atoms with E-state index in [1.54, 1.807) is 109 Å². The van der Waals surface area contributed by atoms with Crippen molar-refractivity contribution >= 4 is 46.2 Å². The molecule has 0 radical (unpaired) electrons. The summed E-state index contributed by atoms with van der Waals surface area (Å²) in [5.74, 6) is -0.752. The van der Waals surface area contributed by atoms with Gasteiger partial charge in [-0.25, -0.2) is 0 Å². The zero-order valence-electron chi connectivity index (χ0n) is 32.8. The Balaban J connectivity index is 1.17. The fourth-order valence-electron chi connectivity index (χ4n) is 6.18. The van der Waals surface area contributed by atoms with Gasteiger partial charge in [-0.2, -0.15) is 26.3 Å². The van der Waals surface area contributed by atoms with Crippen LogP contribution in [0.5, 0.6) is 34.5 Å². The zero-order chi connectivity index (χ0) is 45.2. The van der Waals surface area contributed by atoms with Gasteiger partial charge in [0.15, 0.2) is 7.14 Å². The van der Waals surface area contributed by atoms with Gasteiger partial charge in [-0.3, -0.25) is 9.59 Å². The molecule has 0 aliphatic heterocycles. The summed E-state index contributed by atoms with van der Waals surface area (Å²) in [5, 5.41) is 6.80. The molecule has 2 N–H and O–H groups in total. The van der Waals surface area contributed by atoms with Crippen LogP contribution in [0.15, 0.2) is 200 Å². The van der Waals surface area contributed by atoms with E-state index in [1.165, 1.54) is 30.3 Å². The van der Waals surface area contributed by atoms with Crippen molar-refractivity contribution in [1.29, 1.82) is 0 Å². The molecule has 7 aromatic rings. The molecule has 0 saturated carbocycles. The second-order valence-corrected chi connectivity index (χ2v) is 16.1. The second-order valence-electron chi connectivity index (χ2n) is 13.4. The maximum absolute atomic E-state index is 15.6. The molecule has 0 heterocycles. The van der Waals surface area contributed by atoms with Gasteiger partial charge >= 0.3 is 24.2 Å². The minimum absolute atomic E-state index is 0.107. The van der Waals surface area contributed by atoms with Crippen LogP contribution >= 0.6 is 7.14 Å². The van der Waals surface area contributed by atoms with Crippen LogP contribution in [-0.4, -0.2) is 11.8 Å². The average molecular weight is 893 g/mol. The molecule has 7 aromatic carbocycles. The van der Waals surface area contributed by atoms with Gasteiger partial charge in [0.25, 0.3) is 11.8 Å². The highest BCUT2D eigenvalue weighted by atomic mass is 31.2. The number of carbonyl (C=O) groups is 2. The van der Waals surface area contributed by atoms with E-state index in [0.29, 0.717) is 27.3 Å². The van der Waals surface area contributed by atoms with E-state index in [9.17, 15) is 35.9 Å². The van der Waals surface area contributed by atoms with Crippen LogP contribution in [0.1, 0.15) is 20.7 Å². The van der Waals surface area contributed by atoms with Crippen molar-refractivity contribution in [2.45, 2.75) is 0 Å². The molecule has 2 amide bonds. The van der Waals surface area contributed by atoms with E-state index in [-0.39, 0.29) is 45.6 Å². The number of hydrogen-bond acceptors (Lipinski definition) is 7. The topological polar surface area (TPSA) is 112 Å². The summed E-state index contributed by atoms with van der Waals surface area (Å²) in [6, 6.07) is 40.9. The van der Waals surface area contributed by atoms with Crippen molar-refractivity contribution in [3.63, 3.8) is 0 Å². The van der Waals surface area contributed by atoms with Crippen LogP contribution in [0.2, 0.25) is 0 Å². The molecule has 0 atom stereocenters. The highest BCUT2D eigenvalue weighted by Crippen LogP contribution is 2.47. The highest BCUT2D eigenvalue weighted by molar-refractivity contribution is 7.85. The third kappa shape index (κ3) is 10.7. The van der Waals surface area contributed by atoms with Crippen LogP contribution in [-0.2, 0) is 4.57 Å². The fourth-order valence-corrected chi connectivity index (χ4v) is 8.92. The molecule has 16 heteroatoms. The van der Waals surface area contributed by atoms with Crippen molar-refractivity contribution in [2.24, 2.45) is 0 Å². The maximum Gasteiger partial charge on any atom is 0.344 e. The summed E-state index contributed by atoms with van der Waals surface area (Å²) < 4.78 is 113. The number of nitrogens with one attached hydrogen (secondary N) is 2. The quantitative estimate of drug-likeness (QED) is 0.0599. The standard InChI is InChI=1S/C48H31F6N2O7P/c49-43(50)45(53)62-34-21-17-30(18-22-34)47(57)55-32-9-7-11-36(27-32)60-38-25-26-42(64(59,39-13-3-1-4-14-39)40-15-5-2-6-16-40)41(29-38)61-37-12-8-10-33(28-37)56-48(58)31-19-23-35(24-20-31)63-46(54)44(51)52/h1-29H,(H,55,57)(H,56,58). The van der Waals surface area contributed by atoms with E-state index in [2.05, 4.69) is 20.1 Å². The van der Waals surface area contributed by atoms with Crippen LogP contribution in [0.25, 0.3) is 0 Å². The first kappa shape index (κ1) is 44.0. The monoisotopic (exact) mass is 892 g/mol. The summed E-state index contributed by atoms with van der Waals surface area (Å²) >= 11 is 0. The number of carbonyl (C=O) groups excluding carboxylic acids is 2. The van der Waals surface area contributed by atoms with E-state index < -0.39 is 43.1 Å². The smallest absolute Gasteiger partial charge is 0.344 e. The molecule has 0 spiro atoms. The number of ether oxygens (including phenoxy) is 4. The van der Waals surface area contributed by atoms with E-state index in [0.717, 1.165) is 24.3 Å². The molecular formula is C48H31F6N2O7P. The Morgan fingerprint density at radius 1 is 0.422 bits per heavy atom. The van der Waals surface area contributed by atoms with Gasteiger partial charge < -0.3 is 34.1 Å². The summed E-state index contributed by atoms with van der Waals surface area (Å²) in [4.78, 5) is 26.2. The van der Waals surface area contributed by atoms with E-state index in [4.69, 9.17) is 9.47 Å². The maximum atomic E-state index is 15.6. The third-order valence-electron chi connectivity index (χ3n) is 9.10. The fraction of sp³-hybridized carbons (Fsp3) is 0. The van der Waals surface area contributed by atoms with Crippen LogP contribution < -0.4 is 45.5 Å². The molecule has 7 rings (SSSR count). The average Bonchev–Trinajstić information content (AvgIpc) is 3.30. The van der Waals surface area contributed by atoms with Gasteiger partial charge in [0.2, 0.25) is 0 Å². The van der Waals surface area contributed by atoms with Crippen molar-refractivity contribution in [3.8, 4) is 34.5 Å². The Bertz CT molecular complexity index is 2870. The highest BCUT2D eigenvalue weighted by Gasteiger charge is 2.33. The molecule has 0 aliphatic carbocycles. The van der Waals surface area contributed by atoms with Crippen molar-refractivity contribution in [3.05, 3.63) is 211 Å². The lowest BCUT2D eigenvalue weighted by atomic mass is 10.2. The Morgan fingerprint density at radius 3 is 1.27 bits per heavy atom. The summed E-state index contributed by atoms with van der Waals surface area (Å²) in [5.41, 5.74) is 0.844. The number of rotatable bonds is 15. The number of amides is 2. The van der Waals surface area contributed by atoms with Crippen LogP contribution in [0.3, 0.4) is 0 Å². The van der Waals surface area contributed by atoms with Crippen molar-refractivity contribution in [1.82, 2.24) is 0 Å². The lowest BCUT2D eigenvalue weighted by molar-refractivity contribution is 0.101. The van der Waals surface area contributed by atoms with Gasteiger partial charge in [0, 0.05) is 51.3 Å². The Morgan fingerprint density at radius 2 is 0.828 bits per heavy atom. The molecule has 64 heavy (non-hydrogen) atoms. The zero-order valence-corrected chi connectivity index (χ0v) is 33.7. The Kier molecular flexibility index (Phi) is 13.6. The summed E-state index contributed by atoms with van der Waals surface area (Å²) in [6.07, 6.45) is -5.25. The first-order valence-electron chi connectivity index (χ1n) is 18.9. The first-order valence-corrected chi connectivity index (χ1v) is 20.6. The molecule has 0 aromatic heterocycles. The van der Waals surface area contributed by atoms with Gasteiger partial charge in [0.05, 0.1) is 5.30 Å². The molecule has 0 fully saturated rings. The SMILES string of the molecule is O=C(Nc1cccc(Oc2ccc(P(=O)(c3ccccc3)c3ccccc3)c(Oc3cccc(NC(=O)c4ccc(OC(F)=C(F)F)cc4)c3)c2)c1)c1ccc(OC(F)=C(F)F)cc1. The lowest BCUT2D eigenvalue weighted by Gasteiger charge is -2.23. The molecule has 322 valence electrons. The van der Waals surface area contributed by atoms with Gasteiger partial charge in [-0.1, -0.05) is 72.8 Å². The van der Waals surface area contributed by atoms with Crippen LogP contribution in [0.4, 0.5) is 37.7 Å². The molecule has 0 unspecified atom stereocenters. The van der Waals surface area contributed by atoms with E-state index in [1.807, 2.05) is 12.1 Å². The Hall–Kier alpha value is -8.03. The molecule has 0 saturated heterocycles. The minimum Gasteiger partial charge on any atom is -0.457 e. The first-order chi connectivity index (χ1) is 30.8. The Labute approximate surface area is 361 Å². The number of benzene rings is 7. The molecule has 0 aliphatic rings. The predicted molar refractivity (Wildman–Crippen MR) is 230 cm³/mol. The lowest BCUT2D eigenvalue weighted by Crippen LogP contribution is -2.26. The normalized spacial score (nSPS) is 10.8. The third-order valence-corrected chi connectivity index (χ3v) is 12.2. The summed E-state index contributed by atoms with van der Waals surface area (Å²) in [6.45, 7) is 0. The van der Waals surface area contributed by atoms with Gasteiger partial charge in [-0.05, 0) is 84.9 Å². The van der Waals surface area contributed by atoms with Crippen molar-refractivity contribution < 1.29 is 59.4 Å². The number of anilines is 2. The largest absolute Gasteiger partial charge is 0.457 e. The second kappa shape index (κ2) is 19.8. The minimum atomic E-state index is -3.65. The number of halogens is 6.